The van der Waals surface area contributed by atoms with Gasteiger partial charge >= 0.3 is 5.97 Å². The summed E-state index contributed by atoms with van der Waals surface area (Å²) in [6.45, 7) is 3.51. The van der Waals surface area contributed by atoms with E-state index in [0.29, 0.717) is 24.9 Å². The fraction of sp³-hybridized carbons (Fsp3) is 0.200. The first-order valence-electron chi connectivity index (χ1n) is 8.25. The number of aromatic hydroxyl groups is 1. The summed E-state index contributed by atoms with van der Waals surface area (Å²) < 4.78 is 5.80. The minimum absolute atomic E-state index is 0.00574. The maximum atomic E-state index is 12.7. The number of allylic oxidation sites excluding steroid dienone is 1. The smallest absolute Gasteiger partial charge is 0.348 e. The van der Waals surface area contributed by atoms with Crippen LogP contribution in [0.2, 0.25) is 0 Å². The molecule has 1 aromatic heterocycles. The Bertz CT molecular complexity index is 1080. The van der Waals surface area contributed by atoms with Crippen molar-refractivity contribution in [1.29, 1.82) is 10.5 Å². The number of hydrogen-bond donors (Lipinski definition) is 1. The van der Waals surface area contributed by atoms with E-state index in [1.807, 2.05) is 12.1 Å². The van der Waals surface area contributed by atoms with Gasteiger partial charge in [0.1, 0.15) is 22.8 Å². The van der Waals surface area contributed by atoms with Crippen molar-refractivity contribution in [3.63, 3.8) is 0 Å². The molecule has 0 saturated heterocycles. The summed E-state index contributed by atoms with van der Waals surface area (Å²) >= 11 is 7.43. The molecule has 148 valence electrons. The Labute approximate surface area is 188 Å². The van der Waals surface area contributed by atoms with E-state index in [1.165, 1.54) is 6.08 Å². The molecule has 0 saturated carbocycles. The summed E-state index contributed by atoms with van der Waals surface area (Å²) in [5.74, 6) is -1.02. The van der Waals surface area contributed by atoms with Gasteiger partial charge in [0.25, 0.3) is 0 Å². The molecule has 0 aliphatic rings. The van der Waals surface area contributed by atoms with E-state index in [-0.39, 0.29) is 34.8 Å². The summed E-state index contributed by atoms with van der Waals surface area (Å²) in [4.78, 5) is 25.4. The Balaban J connectivity index is 2.38. The number of nitrogens with zero attached hydrogens (tertiary/aromatic N) is 2. The van der Waals surface area contributed by atoms with Crippen LogP contribution in [-0.4, -0.2) is 23.5 Å². The second-order valence-electron chi connectivity index (χ2n) is 5.79. The number of rotatable bonds is 6. The topological polar surface area (TPSA) is 111 Å². The molecule has 0 atom stereocenters. The standard InChI is InChI=1S/C20H14Br2N2O4S/c1-3-28-20(27)19-10(2)13(9-24)17(29-19)7-16(25)12(8-23)4-11-5-14(21)18(26)15(22)6-11/h4-6,26H,3,7H2,1-2H3/b12-4+. The Hall–Kier alpha value is -2.46. The first kappa shape index (κ1) is 22.8. The number of carbonyl (C=O) groups is 2. The van der Waals surface area contributed by atoms with Crippen LogP contribution in [0.4, 0.5) is 0 Å². The minimum Gasteiger partial charge on any atom is -0.506 e. The van der Waals surface area contributed by atoms with Crippen LogP contribution < -0.4 is 0 Å². The maximum Gasteiger partial charge on any atom is 0.348 e. The van der Waals surface area contributed by atoms with Crippen LogP contribution in [0.1, 0.15) is 38.2 Å². The molecule has 1 N–H and O–H groups in total. The van der Waals surface area contributed by atoms with Gasteiger partial charge in [-0.2, -0.15) is 10.5 Å². The van der Waals surface area contributed by atoms with Crippen LogP contribution in [0.25, 0.3) is 6.08 Å². The molecule has 1 aromatic carbocycles. The molecule has 0 aliphatic heterocycles. The molecule has 0 spiro atoms. The highest BCUT2D eigenvalue weighted by molar-refractivity contribution is 9.11. The minimum atomic E-state index is -0.542. The molecular formula is C20H14Br2N2O4S. The van der Waals surface area contributed by atoms with E-state index in [0.717, 1.165) is 11.3 Å². The second-order valence-corrected chi connectivity index (χ2v) is 8.60. The molecule has 9 heteroatoms. The number of phenolic OH excluding ortho intramolecular Hbond substituents is 1. The van der Waals surface area contributed by atoms with Crippen LogP contribution in [-0.2, 0) is 16.0 Å². The van der Waals surface area contributed by atoms with Crippen LogP contribution in [0.15, 0.2) is 26.7 Å². The Morgan fingerprint density at radius 1 is 1.28 bits per heavy atom. The zero-order chi connectivity index (χ0) is 21.7. The molecule has 2 aromatic rings. The van der Waals surface area contributed by atoms with Crippen LogP contribution in [0, 0.1) is 29.6 Å². The monoisotopic (exact) mass is 536 g/mol. The molecule has 0 radical (unpaired) electrons. The lowest BCUT2D eigenvalue weighted by Gasteiger charge is -2.03. The summed E-state index contributed by atoms with van der Waals surface area (Å²) in [6.07, 6.45) is 1.21. The Kier molecular flexibility index (Phi) is 7.74. The number of thiophene rings is 1. The normalized spacial score (nSPS) is 10.9. The van der Waals surface area contributed by atoms with Crippen molar-refractivity contribution in [2.45, 2.75) is 20.3 Å². The molecular weight excluding hydrogens is 524 g/mol. The number of ether oxygens (including phenoxy) is 1. The number of esters is 1. The van der Waals surface area contributed by atoms with E-state index >= 15 is 0 Å². The predicted molar refractivity (Wildman–Crippen MR) is 116 cm³/mol. The number of nitriles is 2. The highest BCUT2D eigenvalue weighted by atomic mass is 79.9. The number of phenols is 1. The van der Waals surface area contributed by atoms with Crippen LogP contribution in [0.3, 0.4) is 0 Å². The summed E-state index contributed by atoms with van der Waals surface area (Å²) in [5.41, 5.74) is 1.13. The van der Waals surface area contributed by atoms with Gasteiger partial charge in [0.2, 0.25) is 0 Å². The lowest BCUT2D eigenvalue weighted by atomic mass is 10.0. The van der Waals surface area contributed by atoms with E-state index in [2.05, 4.69) is 31.9 Å². The molecule has 0 amide bonds. The Morgan fingerprint density at radius 2 is 1.90 bits per heavy atom. The molecule has 29 heavy (non-hydrogen) atoms. The fourth-order valence-electron chi connectivity index (χ4n) is 2.49. The van der Waals surface area contributed by atoms with Gasteiger partial charge in [0.05, 0.1) is 26.7 Å². The number of Topliss-reactive ketones (excluding diaryl/α,β-unsaturated/α-hetero) is 1. The van der Waals surface area contributed by atoms with Gasteiger partial charge in [-0.25, -0.2) is 4.79 Å². The third-order valence-electron chi connectivity index (χ3n) is 3.88. The maximum absolute atomic E-state index is 12.7. The lowest BCUT2D eigenvalue weighted by Crippen LogP contribution is -2.05. The van der Waals surface area contributed by atoms with Crippen LogP contribution in [0.5, 0.6) is 5.75 Å². The average molecular weight is 538 g/mol. The third-order valence-corrected chi connectivity index (χ3v) is 6.37. The van der Waals surface area contributed by atoms with Gasteiger partial charge in [0.15, 0.2) is 5.78 Å². The van der Waals surface area contributed by atoms with Gasteiger partial charge < -0.3 is 9.84 Å². The van der Waals surface area contributed by atoms with Gasteiger partial charge in [-0.05, 0) is 75.0 Å². The summed E-state index contributed by atoms with van der Waals surface area (Å²) in [6, 6.07) is 7.03. The first-order valence-corrected chi connectivity index (χ1v) is 10.7. The molecule has 1 heterocycles. The molecule has 0 aliphatic carbocycles. The Morgan fingerprint density at radius 3 is 2.41 bits per heavy atom. The van der Waals surface area contributed by atoms with Gasteiger partial charge in [0, 0.05) is 11.3 Å². The van der Waals surface area contributed by atoms with Crippen molar-refractivity contribution in [3.8, 4) is 17.9 Å². The van der Waals surface area contributed by atoms with E-state index < -0.39 is 11.8 Å². The van der Waals surface area contributed by atoms with Crippen molar-refractivity contribution in [2.75, 3.05) is 6.61 Å². The van der Waals surface area contributed by atoms with Gasteiger partial charge in [-0.3, -0.25) is 4.79 Å². The number of halogens is 2. The largest absolute Gasteiger partial charge is 0.506 e. The fourth-order valence-corrected chi connectivity index (χ4v) is 4.86. The van der Waals surface area contributed by atoms with Crippen LogP contribution >= 0.6 is 43.2 Å². The number of carbonyl (C=O) groups excluding carboxylic acids is 2. The third kappa shape index (κ3) is 5.13. The van der Waals surface area contributed by atoms with Gasteiger partial charge in [-0.15, -0.1) is 11.3 Å². The number of hydrogen-bond acceptors (Lipinski definition) is 7. The lowest BCUT2D eigenvalue weighted by molar-refractivity contribution is -0.114. The molecule has 2 rings (SSSR count). The van der Waals surface area contributed by atoms with Crippen molar-refractivity contribution in [2.24, 2.45) is 0 Å². The van der Waals surface area contributed by atoms with E-state index in [4.69, 9.17) is 4.74 Å². The first-order chi connectivity index (χ1) is 13.7. The summed E-state index contributed by atoms with van der Waals surface area (Å²) in [5, 5.41) is 28.6. The van der Waals surface area contributed by atoms with Crippen molar-refractivity contribution in [3.05, 3.63) is 53.1 Å². The highest BCUT2D eigenvalue weighted by Crippen LogP contribution is 2.34. The zero-order valence-corrected chi connectivity index (χ0v) is 19.4. The van der Waals surface area contributed by atoms with E-state index in [1.54, 1.807) is 26.0 Å². The second kappa shape index (κ2) is 9.84. The van der Waals surface area contributed by atoms with Crippen molar-refractivity contribution < 1.29 is 19.4 Å². The number of ketones is 1. The summed E-state index contributed by atoms with van der Waals surface area (Å²) in [7, 11) is 0. The van der Waals surface area contributed by atoms with E-state index in [9.17, 15) is 25.2 Å². The quantitative estimate of drug-likeness (QED) is 0.313. The molecule has 0 unspecified atom stereocenters. The average Bonchev–Trinajstić information content (AvgIpc) is 2.99. The zero-order valence-electron chi connectivity index (χ0n) is 15.4. The molecule has 6 nitrogen and oxygen atoms in total. The molecule has 0 bridgehead atoms. The van der Waals surface area contributed by atoms with Gasteiger partial charge in [-0.1, -0.05) is 0 Å². The predicted octanol–water partition coefficient (Wildman–Crippen LogP) is 5.05. The van der Waals surface area contributed by atoms with Crippen molar-refractivity contribution in [1.82, 2.24) is 0 Å². The molecule has 0 fully saturated rings. The SMILES string of the molecule is CCOC(=O)c1sc(CC(=O)/C(C#N)=C/c2cc(Br)c(O)c(Br)c2)c(C#N)c1C. The highest BCUT2D eigenvalue weighted by Gasteiger charge is 2.23. The number of benzene rings is 1. The van der Waals surface area contributed by atoms with Crippen molar-refractivity contribution >= 4 is 61.0 Å².